The van der Waals surface area contributed by atoms with E-state index in [-0.39, 0.29) is 11.7 Å². The molecule has 0 saturated carbocycles. The molecule has 0 radical (unpaired) electrons. The fourth-order valence-corrected chi connectivity index (χ4v) is 2.33. The molecule has 0 spiro atoms. The van der Waals surface area contributed by atoms with Crippen molar-refractivity contribution in [3.63, 3.8) is 0 Å². The highest BCUT2D eigenvalue weighted by molar-refractivity contribution is 5.89. The third-order valence-corrected chi connectivity index (χ3v) is 3.47. The number of urea groups is 1. The monoisotopic (exact) mass is 314 g/mol. The average Bonchev–Trinajstić information content (AvgIpc) is 2.86. The lowest BCUT2D eigenvalue weighted by molar-refractivity contribution is 0.249. The number of aromatic amines is 2. The topological polar surface area (TPSA) is 89.8 Å². The number of aromatic nitrogens is 2. The fraction of sp³-hybridized carbons (Fsp3) is 0.125. The molecule has 0 bridgehead atoms. The molecule has 0 aliphatic heterocycles. The zero-order valence-electron chi connectivity index (χ0n) is 12.3. The standard InChI is InChI=1S/C16H15FN4O2/c1-9(10-5-6-13-14(7-10)21-16(23)20-13)18-15(22)19-12-4-2-3-11(17)8-12/h2-9H,1H3,(H2,18,19,22)(H2,20,21,23)/t9-/m1/s1. The first-order valence-corrected chi connectivity index (χ1v) is 7.06. The van der Waals surface area contributed by atoms with Crippen LogP contribution in [0.4, 0.5) is 14.9 Å². The first kappa shape index (κ1) is 14.8. The van der Waals surface area contributed by atoms with Crippen molar-refractivity contribution in [3.05, 3.63) is 64.3 Å². The number of rotatable bonds is 3. The Kier molecular flexibility index (Phi) is 3.84. The van der Waals surface area contributed by atoms with Gasteiger partial charge in [-0.1, -0.05) is 12.1 Å². The molecule has 3 rings (SSSR count). The predicted molar refractivity (Wildman–Crippen MR) is 85.9 cm³/mol. The highest BCUT2D eigenvalue weighted by atomic mass is 19.1. The van der Waals surface area contributed by atoms with Crippen LogP contribution >= 0.6 is 0 Å². The van der Waals surface area contributed by atoms with E-state index in [1.54, 1.807) is 18.2 Å². The summed E-state index contributed by atoms with van der Waals surface area (Å²) in [5, 5.41) is 5.33. The second kappa shape index (κ2) is 5.96. The number of hydrogen-bond acceptors (Lipinski definition) is 2. The number of halogens is 1. The summed E-state index contributed by atoms with van der Waals surface area (Å²) in [6.07, 6.45) is 0. The minimum Gasteiger partial charge on any atom is -0.331 e. The molecule has 0 unspecified atom stereocenters. The number of carbonyl (C=O) groups is 1. The van der Waals surface area contributed by atoms with Gasteiger partial charge in [-0.3, -0.25) is 0 Å². The van der Waals surface area contributed by atoms with Gasteiger partial charge in [-0.2, -0.15) is 0 Å². The van der Waals surface area contributed by atoms with Crippen LogP contribution in [0.2, 0.25) is 0 Å². The van der Waals surface area contributed by atoms with Gasteiger partial charge >= 0.3 is 11.7 Å². The summed E-state index contributed by atoms with van der Waals surface area (Å²) >= 11 is 0. The highest BCUT2D eigenvalue weighted by Gasteiger charge is 2.11. The number of amides is 2. The molecule has 1 heterocycles. The van der Waals surface area contributed by atoms with E-state index < -0.39 is 11.8 Å². The molecule has 1 aromatic heterocycles. The van der Waals surface area contributed by atoms with Gasteiger partial charge in [0.1, 0.15) is 5.82 Å². The van der Waals surface area contributed by atoms with E-state index in [1.807, 2.05) is 13.0 Å². The molecular formula is C16H15FN4O2. The molecule has 1 atom stereocenters. The van der Waals surface area contributed by atoms with E-state index in [4.69, 9.17) is 0 Å². The second-order valence-electron chi connectivity index (χ2n) is 5.21. The second-order valence-corrected chi connectivity index (χ2v) is 5.21. The van der Waals surface area contributed by atoms with E-state index in [9.17, 15) is 14.0 Å². The molecule has 0 saturated heterocycles. The minimum absolute atomic E-state index is 0.276. The Morgan fingerprint density at radius 1 is 1.13 bits per heavy atom. The van der Waals surface area contributed by atoms with Crippen molar-refractivity contribution in [2.75, 3.05) is 5.32 Å². The van der Waals surface area contributed by atoms with Crippen molar-refractivity contribution in [2.45, 2.75) is 13.0 Å². The van der Waals surface area contributed by atoms with Crippen molar-refractivity contribution >= 4 is 22.8 Å². The van der Waals surface area contributed by atoms with Gasteiger partial charge < -0.3 is 20.6 Å². The smallest absolute Gasteiger partial charge is 0.323 e. The third-order valence-electron chi connectivity index (χ3n) is 3.47. The molecule has 2 aromatic carbocycles. The van der Waals surface area contributed by atoms with Crippen LogP contribution in [0, 0.1) is 5.82 Å². The predicted octanol–water partition coefficient (Wildman–Crippen LogP) is 2.88. The van der Waals surface area contributed by atoms with Crippen LogP contribution in [0.15, 0.2) is 47.3 Å². The van der Waals surface area contributed by atoms with Crippen LogP contribution in [0.5, 0.6) is 0 Å². The van der Waals surface area contributed by atoms with Gasteiger partial charge in [0.15, 0.2) is 0 Å². The van der Waals surface area contributed by atoms with Crippen molar-refractivity contribution in [1.82, 2.24) is 15.3 Å². The maximum Gasteiger partial charge on any atom is 0.323 e. The van der Waals surface area contributed by atoms with Gasteiger partial charge in [0.05, 0.1) is 17.1 Å². The number of anilines is 1. The lowest BCUT2D eigenvalue weighted by Gasteiger charge is -2.15. The summed E-state index contributed by atoms with van der Waals surface area (Å²) in [4.78, 5) is 28.6. The molecule has 118 valence electrons. The summed E-state index contributed by atoms with van der Waals surface area (Å²) in [7, 11) is 0. The number of fused-ring (bicyclic) bond motifs is 1. The first-order valence-electron chi connectivity index (χ1n) is 7.06. The first-order chi connectivity index (χ1) is 11.0. The van der Waals surface area contributed by atoms with Gasteiger partial charge in [-0.05, 0) is 42.8 Å². The Balaban J connectivity index is 1.70. The molecule has 0 fully saturated rings. The van der Waals surface area contributed by atoms with Crippen molar-refractivity contribution in [3.8, 4) is 0 Å². The number of imidazole rings is 1. The van der Waals surface area contributed by atoms with Gasteiger partial charge in [0, 0.05) is 5.69 Å². The molecule has 2 amide bonds. The lowest BCUT2D eigenvalue weighted by atomic mass is 10.1. The third kappa shape index (κ3) is 3.39. The summed E-state index contributed by atoms with van der Waals surface area (Å²) in [5.41, 5.74) is 2.31. The Morgan fingerprint density at radius 2 is 1.91 bits per heavy atom. The van der Waals surface area contributed by atoms with E-state index in [0.717, 1.165) is 5.56 Å². The van der Waals surface area contributed by atoms with Crippen LogP contribution in [-0.4, -0.2) is 16.0 Å². The maximum atomic E-state index is 13.1. The van der Waals surface area contributed by atoms with Gasteiger partial charge in [-0.15, -0.1) is 0 Å². The summed E-state index contributed by atoms with van der Waals surface area (Å²) in [6.45, 7) is 1.82. The normalized spacial score (nSPS) is 12.1. The van der Waals surface area contributed by atoms with E-state index in [1.165, 1.54) is 18.2 Å². The quantitative estimate of drug-likeness (QED) is 0.599. The largest absolute Gasteiger partial charge is 0.331 e. The van der Waals surface area contributed by atoms with Gasteiger partial charge in [0.2, 0.25) is 0 Å². The van der Waals surface area contributed by atoms with Crippen LogP contribution in [0.3, 0.4) is 0 Å². The van der Waals surface area contributed by atoms with Crippen molar-refractivity contribution in [2.24, 2.45) is 0 Å². The number of H-pyrrole nitrogens is 2. The minimum atomic E-state index is -0.439. The molecular weight excluding hydrogens is 299 g/mol. The lowest BCUT2D eigenvalue weighted by Crippen LogP contribution is -2.31. The molecule has 3 aromatic rings. The SMILES string of the molecule is C[C@@H](NC(=O)Nc1cccc(F)c1)c1ccc2[nH]c(=O)[nH]c2c1. The summed E-state index contributed by atoms with van der Waals surface area (Å²) in [5.74, 6) is -0.419. The summed E-state index contributed by atoms with van der Waals surface area (Å²) in [6, 6.07) is 10.3. The zero-order valence-corrected chi connectivity index (χ0v) is 12.3. The average molecular weight is 314 g/mol. The van der Waals surface area contributed by atoms with Crippen LogP contribution in [0.1, 0.15) is 18.5 Å². The van der Waals surface area contributed by atoms with Crippen LogP contribution in [0.25, 0.3) is 11.0 Å². The molecule has 4 N–H and O–H groups in total. The van der Waals surface area contributed by atoms with Gasteiger partial charge in [-0.25, -0.2) is 14.0 Å². The molecule has 0 aliphatic carbocycles. The Labute approximate surface area is 130 Å². The Morgan fingerprint density at radius 3 is 2.70 bits per heavy atom. The highest BCUT2D eigenvalue weighted by Crippen LogP contribution is 2.17. The van der Waals surface area contributed by atoms with Crippen molar-refractivity contribution in [1.29, 1.82) is 0 Å². The number of hydrogen-bond donors (Lipinski definition) is 4. The number of nitrogens with one attached hydrogen (secondary N) is 4. The fourth-order valence-electron chi connectivity index (χ4n) is 2.33. The molecule has 23 heavy (non-hydrogen) atoms. The van der Waals surface area contributed by atoms with Gasteiger partial charge in [0.25, 0.3) is 0 Å². The van der Waals surface area contributed by atoms with Crippen molar-refractivity contribution < 1.29 is 9.18 Å². The Hall–Kier alpha value is -3.09. The Bertz CT molecular complexity index is 916. The maximum absolute atomic E-state index is 13.1. The summed E-state index contributed by atoms with van der Waals surface area (Å²) < 4.78 is 13.1. The molecule has 0 aliphatic rings. The zero-order chi connectivity index (χ0) is 16.4. The van der Waals surface area contributed by atoms with Crippen LogP contribution in [-0.2, 0) is 0 Å². The van der Waals surface area contributed by atoms with E-state index >= 15 is 0 Å². The van der Waals surface area contributed by atoms with E-state index in [2.05, 4.69) is 20.6 Å². The molecule has 7 heteroatoms. The van der Waals surface area contributed by atoms with Crippen LogP contribution < -0.4 is 16.3 Å². The molecule has 6 nitrogen and oxygen atoms in total. The number of benzene rings is 2. The van der Waals surface area contributed by atoms with E-state index in [0.29, 0.717) is 16.7 Å². The number of carbonyl (C=O) groups excluding carboxylic acids is 1.